The predicted molar refractivity (Wildman–Crippen MR) is 80.3 cm³/mol. The largest absolute Gasteiger partial charge is 0.394 e. The van der Waals surface area contributed by atoms with Crippen molar-refractivity contribution in [2.75, 3.05) is 19.7 Å². The van der Waals surface area contributed by atoms with Gasteiger partial charge in [0, 0.05) is 24.7 Å². The first-order chi connectivity index (χ1) is 9.70. The van der Waals surface area contributed by atoms with Crippen LogP contribution in [0, 0.1) is 0 Å². The summed E-state index contributed by atoms with van der Waals surface area (Å²) in [5, 5.41) is 10.6. The molecular weight excluding hydrogens is 250 g/mol. The smallest absolute Gasteiger partial charge is 0.0705 e. The van der Waals surface area contributed by atoms with E-state index < -0.39 is 5.54 Å². The number of pyridine rings is 1. The van der Waals surface area contributed by atoms with Crippen LogP contribution < -0.4 is 5.73 Å². The van der Waals surface area contributed by atoms with E-state index in [2.05, 4.69) is 22.0 Å². The lowest BCUT2D eigenvalue weighted by Crippen LogP contribution is -2.56. The van der Waals surface area contributed by atoms with Gasteiger partial charge in [-0.2, -0.15) is 0 Å². The number of nitrogens with two attached hydrogens (primary N) is 1. The van der Waals surface area contributed by atoms with Crippen molar-refractivity contribution in [3.63, 3.8) is 0 Å². The summed E-state index contributed by atoms with van der Waals surface area (Å²) in [6.07, 6.45) is 3.81. The zero-order valence-electron chi connectivity index (χ0n) is 11.6. The number of rotatable bonds is 3. The summed E-state index contributed by atoms with van der Waals surface area (Å²) < 4.78 is 0. The van der Waals surface area contributed by atoms with Gasteiger partial charge in [-0.05, 0) is 37.1 Å². The van der Waals surface area contributed by atoms with E-state index in [4.69, 9.17) is 5.73 Å². The molecule has 0 radical (unpaired) electrons. The van der Waals surface area contributed by atoms with Crippen molar-refractivity contribution in [3.8, 4) is 0 Å². The zero-order chi connectivity index (χ0) is 14.0. The molecule has 2 aromatic rings. The van der Waals surface area contributed by atoms with E-state index in [0.717, 1.165) is 38.0 Å². The normalized spacial score (nSPS) is 24.1. The standard InChI is InChI=1S/C16H21N3O/c17-16(12-20)7-3-9-19(11-16)10-13-6-8-18-15-5-2-1-4-14(13)15/h1-2,4-6,8,20H,3,7,9-12,17H2. The van der Waals surface area contributed by atoms with E-state index in [0.29, 0.717) is 0 Å². The molecular formula is C16H21N3O. The van der Waals surface area contributed by atoms with Crippen LogP contribution >= 0.6 is 0 Å². The third-order valence-electron chi connectivity index (χ3n) is 4.14. The second kappa shape index (κ2) is 5.48. The fraction of sp³-hybridized carbons (Fsp3) is 0.438. The molecule has 1 unspecified atom stereocenters. The van der Waals surface area contributed by atoms with Crippen molar-refractivity contribution < 1.29 is 5.11 Å². The SMILES string of the molecule is NC1(CO)CCCN(Cc2ccnc3ccccc23)C1. The molecule has 1 saturated heterocycles. The Morgan fingerprint density at radius 1 is 1.30 bits per heavy atom. The quantitative estimate of drug-likeness (QED) is 0.888. The van der Waals surface area contributed by atoms with Crippen LogP contribution in [0.5, 0.6) is 0 Å². The molecule has 0 aliphatic carbocycles. The fourth-order valence-electron chi connectivity index (χ4n) is 3.06. The number of piperidine rings is 1. The van der Waals surface area contributed by atoms with Gasteiger partial charge in [0.05, 0.1) is 17.7 Å². The van der Waals surface area contributed by atoms with E-state index >= 15 is 0 Å². The number of nitrogens with zero attached hydrogens (tertiary/aromatic N) is 2. The highest BCUT2D eigenvalue weighted by molar-refractivity contribution is 5.81. The van der Waals surface area contributed by atoms with E-state index in [-0.39, 0.29) is 6.61 Å². The molecule has 0 bridgehead atoms. The van der Waals surface area contributed by atoms with Gasteiger partial charge in [0.25, 0.3) is 0 Å². The first kappa shape index (κ1) is 13.5. The van der Waals surface area contributed by atoms with Crippen molar-refractivity contribution >= 4 is 10.9 Å². The number of aliphatic hydroxyl groups excluding tert-OH is 1. The number of fused-ring (bicyclic) bond motifs is 1. The highest BCUT2D eigenvalue weighted by Crippen LogP contribution is 2.23. The number of likely N-dealkylation sites (tertiary alicyclic amines) is 1. The lowest BCUT2D eigenvalue weighted by atomic mass is 9.90. The van der Waals surface area contributed by atoms with Crippen molar-refractivity contribution in [2.45, 2.75) is 24.9 Å². The third kappa shape index (κ3) is 2.68. The van der Waals surface area contributed by atoms with Crippen molar-refractivity contribution in [1.29, 1.82) is 0 Å². The minimum Gasteiger partial charge on any atom is -0.394 e. The first-order valence-corrected chi connectivity index (χ1v) is 7.15. The molecule has 1 atom stereocenters. The average molecular weight is 271 g/mol. The minimum atomic E-state index is -0.443. The minimum absolute atomic E-state index is 0.0561. The second-order valence-electron chi connectivity index (χ2n) is 5.82. The van der Waals surface area contributed by atoms with Crippen LogP contribution in [-0.2, 0) is 6.54 Å². The molecule has 0 amide bonds. The molecule has 106 valence electrons. The summed E-state index contributed by atoms with van der Waals surface area (Å²) in [6.45, 7) is 2.71. The molecule has 3 N–H and O–H groups in total. The summed E-state index contributed by atoms with van der Waals surface area (Å²) >= 11 is 0. The maximum absolute atomic E-state index is 9.44. The highest BCUT2D eigenvalue weighted by Gasteiger charge is 2.30. The summed E-state index contributed by atoms with van der Waals surface area (Å²) in [7, 11) is 0. The Morgan fingerprint density at radius 3 is 3.00 bits per heavy atom. The Hall–Kier alpha value is -1.49. The number of aliphatic hydroxyl groups is 1. The Balaban J connectivity index is 1.83. The maximum atomic E-state index is 9.44. The summed E-state index contributed by atoms with van der Waals surface area (Å²) in [5.41, 5.74) is 8.07. The second-order valence-corrected chi connectivity index (χ2v) is 5.82. The van der Waals surface area contributed by atoms with Gasteiger partial charge in [0.2, 0.25) is 0 Å². The number of benzene rings is 1. The van der Waals surface area contributed by atoms with E-state index in [1.54, 1.807) is 0 Å². The summed E-state index contributed by atoms with van der Waals surface area (Å²) in [5.74, 6) is 0. The molecule has 0 saturated carbocycles. The Bertz CT molecular complexity index is 596. The Labute approximate surface area is 119 Å². The molecule has 20 heavy (non-hydrogen) atoms. The van der Waals surface area contributed by atoms with Gasteiger partial charge in [-0.1, -0.05) is 18.2 Å². The van der Waals surface area contributed by atoms with Gasteiger partial charge in [-0.15, -0.1) is 0 Å². The van der Waals surface area contributed by atoms with Crippen molar-refractivity contribution in [2.24, 2.45) is 5.73 Å². The van der Waals surface area contributed by atoms with E-state index in [1.807, 2.05) is 24.4 Å². The maximum Gasteiger partial charge on any atom is 0.0705 e. The molecule has 2 heterocycles. The molecule has 1 fully saturated rings. The highest BCUT2D eigenvalue weighted by atomic mass is 16.3. The van der Waals surface area contributed by atoms with Gasteiger partial charge < -0.3 is 10.8 Å². The van der Waals surface area contributed by atoms with Crippen LogP contribution in [0.25, 0.3) is 10.9 Å². The topological polar surface area (TPSA) is 62.4 Å². The molecule has 4 nitrogen and oxygen atoms in total. The molecule has 0 spiro atoms. The lowest BCUT2D eigenvalue weighted by molar-refractivity contribution is 0.0904. The van der Waals surface area contributed by atoms with Crippen molar-refractivity contribution in [1.82, 2.24) is 9.88 Å². The van der Waals surface area contributed by atoms with Crippen LogP contribution in [0.15, 0.2) is 36.5 Å². The van der Waals surface area contributed by atoms with Crippen LogP contribution in [-0.4, -0.2) is 40.2 Å². The average Bonchev–Trinajstić information content (AvgIpc) is 2.48. The molecule has 1 aromatic heterocycles. The lowest BCUT2D eigenvalue weighted by Gasteiger charge is -2.39. The van der Waals surface area contributed by atoms with Crippen LogP contribution in [0.2, 0.25) is 0 Å². The summed E-state index contributed by atoms with van der Waals surface area (Å²) in [6, 6.07) is 10.3. The van der Waals surface area contributed by atoms with Gasteiger partial charge in [0.1, 0.15) is 0 Å². The fourth-order valence-corrected chi connectivity index (χ4v) is 3.06. The molecule has 3 rings (SSSR count). The van der Waals surface area contributed by atoms with Gasteiger partial charge in [-0.3, -0.25) is 9.88 Å². The monoisotopic (exact) mass is 271 g/mol. The Kier molecular flexibility index (Phi) is 3.70. The first-order valence-electron chi connectivity index (χ1n) is 7.15. The van der Waals surface area contributed by atoms with Gasteiger partial charge in [0.15, 0.2) is 0 Å². The summed E-state index contributed by atoms with van der Waals surface area (Å²) in [4.78, 5) is 6.73. The van der Waals surface area contributed by atoms with Crippen molar-refractivity contribution in [3.05, 3.63) is 42.1 Å². The van der Waals surface area contributed by atoms with Crippen LogP contribution in [0.3, 0.4) is 0 Å². The number of hydrogen-bond donors (Lipinski definition) is 2. The molecule has 1 aliphatic heterocycles. The number of para-hydroxylation sites is 1. The van der Waals surface area contributed by atoms with Crippen LogP contribution in [0.1, 0.15) is 18.4 Å². The van der Waals surface area contributed by atoms with Gasteiger partial charge >= 0.3 is 0 Å². The predicted octanol–water partition coefficient (Wildman–Crippen LogP) is 1.52. The number of aromatic nitrogens is 1. The molecule has 4 heteroatoms. The molecule has 1 aliphatic rings. The number of hydrogen-bond acceptors (Lipinski definition) is 4. The molecule has 1 aromatic carbocycles. The van der Waals surface area contributed by atoms with Crippen LogP contribution in [0.4, 0.5) is 0 Å². The zero-order valence-corrected chi connectivity index (χ0v) is 11.6. The van der Waals surface area contributed by atoms with E-state index in [1.165, 1.54) is 10.9 Å². The third-order valence-corrected chi connectivity index (χ3v) is 4.14. The van der Waals surface area contributed by atoms with Gasteiger partial charge in [-0.25, -0.2) is 0 Å². The Morgan fingerprint density at radius 2 is 2.15 bits per heavy atom. The van der Waals surface area contributed by atoms with E-state index in [9.17, 15) is 5.11 Å².